The number of aromatic nitrogens is 1. The average molecular weight is 551 g/mol. The Balaban J connectivity index is 2.15. The predicted molar refractivity (Wildman–Crippen MR) is 133 cm³/mol. The third kappa shape index (κ3) is 5.50. The van der Waals surface area contributed by atoms with Crippen LogP contribution in [-0.4, -0.2) is 36.7 Å². The fraction of sp³-hybridized carbons (Fsp3) is 0.182. The molecule has 0 unspecified atom stereocenters. The smallest absolute Gasteiger partial charge is 0.409 e. The Morgan fingerprint density at radius 2 is 2.06 bits per heavy atom. The Hall–Kier alpha value is -2.30. The summed E-state index contributed by atoms with van der Waals surface area (Å²) >= 11 is 7.91. The molecule has 0 aliphatic rings. The van der Waals surface area contributed by atoms with Gasteiger partial charge >= 0.3 is 13.0 Å². The first-order valence-corrected chi connectivity index (χ1v) is 11.0. The third-order valence-corrected chi connectivity index (χ3v) is 5.97. The first-order valence-electron chi connectivity index (χ1n) is 9.53. The second-order valence-electron chi connectivity index (χ2n) is 6.74. The summed E-state index contributed by atoms with van der Waals surface area (Å²) in [5.74, 6) is 0.0750. The Morgan fingerprint density at radius 1 is 1.32 bits per heavy atom. The number of methoxy groups -OCH3 is 1. The molecule has 0 bridgehead atoms. The van der Waals surface area contributed by atoms with Crippen molar-refractivity contribution in [3.63, 3.8) is 0 Å². The number of anilines is 1. The van der Waals surface area contributed by atoms with E-state index in [0.717, 1.165) is 20.2 Å². The number of carbonyl (C=O) groups is 1. The topological polar surface area (TPSA) is 71.9 Å². The van der Waals surface area contributed by atoms with E-state index in [1.54, 1.807) is 23.8 Å². The van der Waals surface area contributed by atoms with Crippen LogP contribution in [0.15, 0.2) is 60.3 Å². The molecule has 2 aromatic carbocycles. The number of carbonyl (C=O) groups excluding carboxylic acids is 1. The number of benzene rings is 2. The van der Waals surface area contributed by atoms with Crippen LogP contribution in [0.4, 0.5) is 5.69 Å². The summed E-state index contributed by atoms with van der Waals surface area (Å²) in [6.45, 7) is 2.42. The molecule has 9 heteroatoms. The van der Waals surface area contributed by atoms with Crippen molar-refractivity contribution in [2.24, 2.45) is 0 Å². The first kappa shape index (κ1) is 23.4. The Bertz CT molecular complexity index is 1100. The molecule has 0 fully saturated rings. The van der Waals surface area contributed by atoms with Gasteiger partial charge in [-0.2, -0.15) is 0 Å². The molecule has 3 aromatic rings. The van der Waals surface area contributed by atoms with Crippen molar-refractivity contribution in [3.05, 3.63) is 75.0 Å². The summed E-state index contributed by atoms with van der Waals surface area (Å²) in [6.07, 6.45) is 3.21. The number of hydrogen-bond acceptors (Lipinski definition) is 6. The van der Waals surface area contributed by atoms with Crippen LogP contribution in [0.1, 0.15) is 15.9 Å². The molecule has 160 valence electrons. The van der Waals surface area contributed by atoms with Crippen molar-refractivity contribution in [2.75, 3.05) is 18.5 Å². The molecule has 0 saturated carbocycles. The van der Waals surface area contributed by atoms with E-state index in [9.17, 15) is 9.82 Å². The van der Waals surface area contributed by atoms with Gasteiger partial charge in [0.2, 0.25) is 0 Å². The number of hydrogen-bond donors (Lipinski definition) is 1. The molecule has 0 radical (unpaired) electrons. The highest BCUT2D eigenvalue weighted by molar-refractivity contribution is 14.1. The molecular formula is C22H21BClIN2O4. The highest BCUT2D eigenvalue weighted by atomic mass is 127. The van der Waals surface area contributed by atoms with Crippen molar-refractivity contribution in [1.29, 1.82) is 0 Å². The summed E-state index contributed by atoms with van der Waals surface area (Å²) in [5.41, 5.74) is 4.12. The minimum Gasteiger partial charge on any atom is -0.487 e. The molecule has 1 N–H and O–H groups in total. The van der Waals surface area contributed by atoms with Crippen LogP contribution in [0.25, 0.3) is 10.9 Å². The average Bonchev–Trinajstić information content (AvgIpc) is 2.79. The maximum Gasteiger partial charge on any atom is 0.409 e. The zero-order chi connectivity index (χ0) is 22.4. The highest BCUT2D eigenvalue weighted by Crippen LogP contribution is 2.37. The summed E-state index contributed by atoms with van der Waals surface area (Å²) in [6, 6.07) is 13.4. The molecular weight excluding hydrogens is 529 g/mol. The van der Waals surface area contributed by atoms with E-state index >= 15 is 0 Å². The minimum absolute atomic E-state index is 0.336. The van der Waals surface area contributed by atoms with E-state index in [1.165, 1.54) is 18.8 Å². The Kier molecular flexibility index (Phi) is 8.17. The fourth-order valence-corrected chi connectivity index (χ4v) is 4.07. The van der Waals surface area contributed by atoms with E-state index in [2.05, 4.69) is 27.6 Å². The number of fused-ring (bicyclic) bond motifs is 1. The van der Waals surface area contributed by atoms with E-state index < -0.39 is 13.0 Å². The molecule has 0 aliphatic heterocycles. The number of pyridine rings is 1. The first-order chi connectivity index (χ1) is 15.0. The van der Waals surface area contributed by atoms with Gasteiger partial charge in [-0.05, 0) is 41.0 Å². The lowest BCUT2D eigenvalue weighted by atomic mass is 9.84. The van der Waals surface area contributed by atoms with Crippen LogP contribution in [0.3, 0.4) is 0 Å². The molecule has 1 heterocycles. The van der Waals surface area contributed by atoms with Gasteiger partial charge in [-0.3, -0.25) is 4.98 Å². The van der Waals surface area contributed by atoms with Gasteiger partial charge in [0.15, 0.2) is 0 Å². The van der Waals surface area contributed by atoms with Crippen molar-refractivity contribution in [2.45, 2.75) is 13.4 Å². The largest absolute Gasteiger partial charge is 0.487 e. The molecule has 0 spiro atoms. The lowest BCUT2D eigenvalue weighted by Gasteiger charge is -2.27. The van der Waals surface area contributed by atoms with Gasteiger partial charge in [0.25, 0.3) is 0 Å². The van der Waals surface area contributed by atoms with Gasteiger partial charge in [0.1, 0.15) is 17.9 Å². The summed E-state index contributed by atoms with van der Waals surface area (Å²) in [5, 5.41) is 11.1. The Morgan fingerprint density at radius 3 is 2.71 bits per heavy atom. The van der Waals surface area contributed by atoms with Crippen LogP contribution in [0.2, 0.25) is 6.82 Å². The number of ether oxygens (including phenoxy) is 2. The second kappa shape index (κ2) is 10.8. The van der Waals surface area contributed by atoms with E-state index in [0.29, 0.717) is 30.0 Å². The molecule has 0 amide bonds. The lowest BCUT2D eigenvalue weighted by Crippen LogP contribution is -2.37. The van der Waals surface area contributed by atoms with E-state index in [-0.39, 0.29) is 0 Å². The molecule has 0 atom stereocenters. The summed E-state index contributed by atoms with van der Waals surface area (Å²) < 4.78 is 11.8. The van der Waals surface area contributed by atoms with Gasteiger partial charge in [0.05, 0.1) is 12.7 Å². The van der Waals surface area contributed by atoms with Crippen molar-refractivity contribution >= 4 is 63.8 Å². The molecule has 31 heavy (non-hydrogen) atoms. The molecule has 3 rings (SSSR count). The maximum atomic E-state index is 12.1. The van der Waals surface area contributed by atoms with Crippen LogP contribution in [0.5, 0.6) is 5.75 Å². The van der Waals surface area contributed by atoms with Crippen LogP contribution in [0, 0.1) is 3.57 Å². The normalized spacial score (nSPS) is 11.0. The number of halogens is 2. The van der Waals surface area contributed by atoms with Crippen molar-refractivity contribution in [3.8, 4) is 5.75 Å². The number of esters is 1. The van der Waals surface area contributed by atoms with Crippen LogP contribution in [-0.2, 0) is 11.3 Å². The zero-order valence-electron chi connectivity index (χ0n) is 17.1. The van der Waals surface area contributed by atoms with Gasteiger partial charge in [-0.15, -0.1) is 0 Å². The van der Waals surface area contributed by atoms with Crippen molar-refractivity contribution in [1.82, 2.24) is 4.98 Å². The van der Waals surface area contributed by atoms with Crippen molar-refractivity contribution < 1.29 is 19.3 Å². The van der Waals surface area contributed by atoms with Gasteiger partial charge in [-0.1, -0.05) is 48.0 Å². The van der Waals surface area contributed by atoms with Crippen LogP contribution < -0.4 is 9.55 Å². The van der Waals surface area contributed by atoms with Gasteiger partial charge in [0, 0.05) is 39.0 Å². The quantitative estimate of drug-likeness (QED) is 0.245. The summed E-state index contributed by atoms with van der Waals surface area (Å²) in [7, 11) is 0.549. The monoisotopic (exact) mass is 550 g/mol. The lowest BCUT2D eigenvalue weighted by molar-refractivity contribution is 0.0600. The number of nitrogens with zero attached hydrogens (tertiary/aromatic N) is 2. The SMILES string of the molecule is COC(=O)c1cnc2c(OCc3ccccc3)cc(N(CC=CCl)B(C)O)c(I)c2c1. The van der Waals surface area contributed by atoms with Gasteiger partial charge < -0.3 is 19.3 Å². The predicted octanol–water partition coefficient (Wildman–Crippen LogP) is 4.87. The van der Waals surface area contributed by atoms with E-state index in [1.807, 2.05) is 36.4 Å². The zero-order valence-corrected chi connectivity index (χ0v) is 20.0. The molecule has 0 aliphatic carbocycles. The fourth-order valence-electron chi connectivity index (χ4n) is 3.11. The summed E-state index contributed by atoms with van der Waals surface area (Å²) in [4.78, 5) is 18.3. The minimum atomic E-state index is -0.780. The molecule has 1 aromatic heterocycles. The highest BCUT2D eigenvalue weighted by Gasteiger charge is 2.23. The second-order valence-corrected chi connectivity index (χ2v) is 8.07. The molecule has 0 saturated heterocycles. The van der Waals surface area contributed by atoms with E-state index in [4.69, 9.17) is 21.1 Å². The Labute approximate surface area is 200 Å². The van der Waals surface area contributed by atoms with Gasteiger partial charge in [-0.25, -0.2) is 4.79 Å². The van der Waals surface area contributed by atoms with Crippen LogP contribution >= 0.6 is 34.2 Å². The number of rotatable bonds is 8. The standard InChI is InChI=1S/C22H21BClIN2O4/c1-23(29)27(10-6-9-24)18-12-19(31-14-15-7-4-3-5-8-15)21-17(20(18)25)11-16(13-26-21)22(28)30-2/h3-9,11-13,29H,10,14H2,1-2H3. The maximum absolute atomic E-state index is 12.1. The molecule has 6 nitrogen and oxygen atoms in total. The third-order valence-electron chi connectivity index (χ3n) is 4.66.